The van der Waals surface area contributed by atoms with Gasteiger partial charge in [0.25, 0.3) is 0 Å². The molecule has 2 rings (SSSR count). The number of esters is 1. The monoisotopic (exact) mass is 288 g/mol. The van der Waals surface area contributed by atoms with Gasteiger partial charge in [0.15, 0.2) is 0 Å². The van der Waals surface area contributed by atoms with Crippen LogP contribution in [0.1, 0.15) is 35.8 Å². The highest BCUT2D eigenvalue weighted by Crippen LogP contribution is 2.23. The molecule has 112 valence electrons. The minimum Gasteiger partial charge on any atom is -0.462 e. The topological polar surface area (TPSA) is 53.3 Å². The molecular formula is C16H20N2O3. The van der Waals surface area contributed by atoms with Gasteiger partial charge in [-0.1, -0.05) is 30.3 Å². The zero-order valence-corrected chi connectivity index (χ0v) is 12.5. The van der Waals surface area contributed by atoms with Gasteiger partial charge < -0.3 is 9.47 Å². The fraction of sp³-hybridized carbons (Fsp3) is 0.375. The van der Waals surface area contributed by atoms with Crippen molar-refractivity contribution in [3.63, 3.8) is 0 Å². The number of hydrogen-bond donors (Lipinski definition) is 0. The first kappa shape index (κ1) is 15.3. The molecule has 0 amide bonds. The summed E-state index contributed by atoms with van der Waals surface area (Å²) in [6, 6.07) is 9.85. The third kappa shape index (κ3) is 3.49. The summed E-state index contributed by atoms with van der Waals surface area (Å²) in [6.07, 6.45) is 3.14. The predicted molar refractivity (Wildman–Crippen MR) is 79.2 cm³/mol. The Hall–Kier alpha value is -2.14. The molecule has 0 aliphatic heterocycles. The van der Waals surface area contributed by atoms with Crippen molar-refractivity contribution in [2.75, 3.05) is 13.7 Å². The van der Waals surface area contributed by atoms with E-state index < -0.39 is 0 Å². The molecule has 2 aromatic rings. The second kappa shape index (κ2) is 7.04. The van der Waals surface area contributed by atoms with Crippen LogP contribution in [0.5, 0.6) is 0 Å². The van der Waals surface area contributed by atoms with E-state index in [0.717, 1.165) is 5.56 Å². The van der Waals surface area contributed by atoms with Gasteiger partial charge in [-0.15, -0.1) is 0 Å². The van der Waals surface area contributed by atoms with E-state index in [4.69, 9.17) is 9.47 Å². The zero-order chi connectivity index (χ0) is 15.2. The molecule has 1 aromatic heterocycles. The lowest BCUT2D eigenvalue weighted by Gasteiger charge is -2.23. The van der Waals surface area contributed by atoms with Crippen molar-refractivity contribution in [2.24, 2.45) is 0 Å². The average Bonchev–Trinajstić information content (AvgIpc) is 2.98. The molecule has 0 spiro atoms. The molecule has 5 heteroatoms. The summed E-state index contributed by atoms with van der Waals surface area (Å²) in [4.78, 5) is 11.7. The number of rotatable bonds is 6. The SMILES string of the molecule is CCOC(=O)c1cnn([C@H](c2ccccc2)[C@H](C)OC)c1. The number of hydrogen-bond acceptors (Lipinski definition) is 4. The number of aromatic nitrogens is 2. The highest BCUT2D eigenvalue weighted by atomic mass is 16.5. The lowest BCUT2D eigenvalue weighted by atomic mass is 10.0. The summed E-state index contributed by atoms with van der Waals surface area (Å²) < 4.78 is 12.2. The fourth-order valence-electron chi connectivity index (χ4n) is 2.23. The highest BCUT2D eigenvalue weighted by molar-refractivity contribution is 5.88. The molecule has 0 aliphatic rings. The van der Waals surface area contributed by atoms with Crippen molar-refractivity contribution in [3.8, 4) is 0 Å². The van der Waals surface area contributed by atoms with Crippen LogP contribution >= 0.6 is 0 Å². The fourth-order valence-corrected chi connectivity index (χ4v) is 2.23. The minimum atomic E-state index is -0.361. The van der Waals surface area contributed by atoms with E-state index in [0.29, 0.717) is 12.2 Å². The molecule has 2 atom stereocenters. The van der Waals surface area contributed by atoms with Crippen molar-refractivity contribution in [1.29, 1.82) is 0 Å². The van der Waals surface area contributed by atoms with Gasteiger partial charge in [0.1, 0.15) is 6.04 Å². The van der Waals surface area contributed by atoms with Crippen LogP contribution in [0.4, 0.5) is 0 Å². The summed E-state index contributed by atoms with van der Waals surface area (Å²) >= 11 is 0. The van der Waals surface area contributed by atoms with Crippen LogP contribution in [-0.4, -0.2) is 35.6 Å². The summed E-state index contributed by atoms with van der Waals surface area (Å²) in [7, 11) is 1.66. The summed E-state index contributed by atoms with van der Waals surface area (Å²) in [5, 5.41) is 4.30. The van der Waals surface area contributed by atoms with Crippen LogP contribution in [0.15, 0.2) is 42.7 Å². The van der Waals surface area contributed by atoms with Crippen LogP contribution in [0.25, 0.3) is 0 Å². The van der Waals surface area contributed by atoms with E-state index in [-0.39, 0.29) is 18.1 Å². The summed E-state index contributed by atoms with van der Waals surface area (Å²) in [5.41, 5.74) is 1.52. The Morgan fingerprint density at radius 2 is 2.05 bits per heavy atom. The molecule has 0 saturated heterocycles. The van der Waals surface area contributed by atoms with Crippen molar-refractivity contribution in [3.05, 3.63) is 53.9 Å². The Bertz CT molecular complexity index is 580. The lowest BCUT2D eigenvalue weighted by Crippen LogP contribution is -2.25. The number of benzene rings is 1. The predicted octanol–water partition coefficient (Wildman–Crippen LogP) is 2.68. The Morgan fingerprint density at radius 3 is 2.67 bits per heavy atom. The molecule has 21 heavy (non-hydrogen) atoms. The number of carbonyl (C=O) groups is 1. The maximum absolute atomic E-state index is 11.7. The van der Waals surface area contributed by atoms with E-state index in [1.807, 2.05) is 37.3 Å². The van der Waals surface area contributed by atoms with Crippen LogP contribution < -0.4 is 0 Å². The van der Waals surface area contributed by atoms with Gasteiger partial charge in [0.05, 0.1) is 24.5 Å². The average molecular weight is 288 g/mol. The third-order valence-electron chi connectivity index (χ3n) is 3.36. The lowest BCUT2D eigenvalue weighted by molar-refractivity contribution is 0.0525. The normalized spacial score (nSPS) is 13.7. The molecule has 0 saturated carbocycles. The van der Waals surface area contributed by atoms with Crippen LogP contribution in [0, 0.1) is 0 Å². The van der Waals surface area contributed by atoms with E-state index in [9.17, 15) is 4.79 Å². The largest absolute Gasteiger partial charge is 0.462 e. The Balaban J connectivity index is 2.32. The van der Waals surface area contributed by atoms with E-state index in [1.54, 1.807) is 24.9 Å². The Morgan fingerprint density at radius 1 is 1.33 bits per heavy atom. The van der Waals surface area contributed by atoms with Gasteiger partial charge in [0.2, 0.25) is 0 Å². The maximum atomic E-state index is 11.7. The second-order valence-electron chi connectivity index (χ2n) is 4.73. The smallest absolute Gasteiger partial charge is 0.341 e. The molecule has 1 aromatic carbocycles. The Kier molecular flexibility index (Phi) is 5.11. The molecule has 1 heterocycles. The van der Waals surface area contributed by atoms with Gasteiger partial charge in [-0.2, -0.15) is 5.10 Å². The molecule has 0 aliphatic carbocycles. The van der Waals surface area contributed by atoms with Crippen LogP contribution in [0.3, 0.4) is 0 Å². The number of methoxy groups -OCH3 is 1. The maximum Gasteiger partial charge on any atom is 0.341 e. The van der Waals surface area contributed by atoms with Crippen molar-refractivity contribution in [1.82, 2.24) is 9.78 Å². The number of ether oxygens (including phenoxy) is 2. The number of nitrogens with zero attached hydrogens (tertiary/aromatic N) is 2. The van der Waals surface area contributed by atoms with Crippen LogP contribution in [-0.2, 0) is 9.47 Å². The summed E-state index contributed by atoms with van der Waals surface area (Å²) in [6.45, 7) is 4.10. The van der Waals surface area contributed by atoms with Crippen molar-refractivity contribution >= 4 is 5.97 Å². The van der Waals surface area contributed by atoms with E-state index in [1.165, 1.54) is 6.20 Å². The third-order valence-corrected chi connectivity index (χ3v) is 3.36. The zero-order valence-electron chi connectivity index (χ0n) is 12.5. The second-order valence-corrected chi connectivity index (χ2v) is 4.73. The molecule has 0 radical (unpaired) electrons. The quantitative estimate of drug-likeness (QED) is 0.767. The van der Waals surface area contributed by atoms with E-state index in [2.05, 4.69) is 5.10 Å². The molecule has 0 unspecified atom stereocenters. The van der Waals surface area contributed by atoms with Gasteiger partial charge in [-0.25, -0.2) is 4.79 Å². The highest BCUT2D eigenvalue weighted by Gasteiger charge is 2.23. The van der Waals surface area contributed by atoms with Crippen LogP contribution in [0.2, 0.25) is 0 Å². The molecule has 5 nitrogen and oxygen atoms in total. The number of carbonyl (C=O) groups excluding carboxylic acids is 1. The first-order chi connectivity index (χ1) is 10.2. The first-order valence-electron chi connectivity index (χ1n) is 6.96. The summed E-state index contributed by atoms with van der Waals surface area (Å²) in [5.74, 6) is -0.361. The molecule has 0 fully saturated rings. The van der Waals surface area contributed by atoms with Gasteiger partial charge in [-0.3, -0.25) is 4.68 Å². The van der Waals surface area contributed by atoms with Gasteiger partial charge in [-0.05, 0) is 19.4 Å². The van der Waals surface area contributed by atoms with Crippen molar-refractivity contribution in [2.45, 2.75) is 26.0 Å². The standard InChI is InChI=1S/C16H20N2O3/c1-4-21-16(19)14-10-17-18(11-14)15(12(2)20-3)13-8-6-5-7-9-13/h5-12,15H,4H2,1-3H3/t12-,15-/m0/s1. The Labute approximate surface area is 124 Å². The van der Waals surface area contributed by atoms with Gasteiger partial charge >= 0.3 is 5.97 Å². The minimum absolute atomic E-state index is 0.0812. The molecule has 0 N–H and O–H groups in total. The molecular weight excluding hydrogens is 268 g/mol. The van der Waals surface area contributed by atoms with Crippen molar-refractivity contribution < 1.29 is 14.3 Å². The van der Waals surface area contributed by atoms with Gasteiger partial charge in [0, 0.05) is 13.3 Å². The van der Waals surface area contributed by atoms with E-state index >= 15 is 0 Å². The molecule has 0 bridgehead atoms. The first-order valence-corrected chi connectivity index (χ1v) is 6.96.